The number of rotatable bonds is 3. The van der Waals surface area contributed by atoms with Crippen LogP contribution in [0.4, 0.5) is 0 Å². The van der Waals surface area contributed by atoms with Crippen LogP contribution in [0.5, 0.6) is 11.5 Å². The number of pyridine rings is 1. The van der Waals surface area contributed by atoms with E-state index in [1.807, 2.05) is 24.4 Å². The van der Waals surface area contributed by atoms with Gasteiger partial charge in [0.25, 0.3) is 6.71 Å². The van der Waals surface area contributed by atoms with E-state index in [0.717, 1.165) is 22.7 Å². The minimum atomic E-state index is 0.0499. The van der Waals surface area contributed by atoms with Crippen molar-refractivity contribution in [1.82, 2.24) is 4.98 Å². The maximum Gasteiger partial charge on any atom is 0.265 e. The number of nitrogens with zero attached hydrogens (tertiary/aromatic N) is 1. The van der Waals surface area contributed by atoms with Gasteiger partial charge < -0.3 is 4.74 Å². The highest BCUT2D eigenvalue weighted by Crippen LogP contribution is 2.45. The molecule has 0 fully saturated rings. The molecule has 0 amide bonds. The molecule has 5 aromatic rings. The standard InChI is InChI=1S/C27H18BNO/c1-2-9-19(10-3-1)28(26-15-6-7-18-29-26)23-17-16-21-20-11-4-5-13-24(20)30-25-14-8-12-22(23)27(21)25/h1-18H. The number of hydrogen-bond acceptors (Lipinski definition) is 2. The molecule has 0 bridgehead atoms. The second-order valence-corrected chi connectivity index (χ2v) is 7.58. The molecule has 0 saturated carbocycles. The Morgan fingerprint density at radius 2 is 1.40 bits per heavy atom. The van der Waals surface area contributed by atoms with Crippen LogP contribution in [-0.2, 0) is 0 Å². The van der Waals surface area contributed by atoms with Crippen molar-refractivity contribution in [3.05, 3.63) is 109 Å². The van der Waals surface area contributed by atoms with Crippen LogP contribution < -0.4 is 21.3 Å². The third kappa shape index (κ3) is 2.63. The zero-order valence-corrected chi connectivity index (χ0v) is 16.3. The van der Waals surface area contributed by atoms with E-state index in [0.29, 0.717) is 0 Å². The summed E-state index contributed by atoms with van der Waals surface area (Å²) in [5, 5.41) is 2.38. The fourth-order valence-corrected chi connectivity index (χ4v) is 4.56. The first-order valence-corrected chi connectivity index (χ1v) is 10.2. The summed E-state index contributed by atoms with van der Waals surface area (Å²) in [6.45, 7) is 0.0499. The average Bonchev–Trinajstić information content (AvgIpc) is 2.82. The molecule has 140 valence electrons. The molecule has 1 aliphatic rings. The Hall–Kier alpha value is -3.85. The van der Waals surface area contributed by atoms with Gasteiger partial charge in [-0.3, -0.25) is 4.98 Å². The van der Waals surface area contributed by atoms with Gasteiger partial charge in [-0.05, 0) is 35.2 Å². The molecule has 2 heterocycles. The highest BCUT2D eigenvalue weighted by Gasteiger charge is 2.28. The van der Waals surface area contributed by atoms with Gasteiger partial charge in [0.2, 0.25) is 0 Å². The smallest absolute Gasteiger partial charge is 0.265 e. The third-order valence-electron chi connectivity index (χ3n) is 5.86. The average molecular weight is 383 g/mol. The van der Waals surface area contributed by atoms with E-state index in [1.165, 1.54) is 27.3 Å². The van der Waals surface area contributed by atoms with Crippen molar-refractivity contribution in [2.45, 2.75) is 0 Å². The second-order valence-electron chi connectivity index (χ2n) is 7.58. The Bertz CT molecular complexity index is 1330. The lowest BCUT2D eigenvalue weighted by molar-refractivity contribution is 0.487. The van der Waals surface area contributed by atoms with Gasteiger partial charge >= 0.3 is 0 Å². The number of hydrogen-bond donors (Lipinski definition) is 0. The number of aromatic nitrogens is 1. The lowest BCUT2D eigenvalue weighted by Gasteiger charge is -2.24. The summed E-state index contributed by atoms with van der Waals surface area (Å²) in [6.07, 6.45) is 1.87. The predicted molar refractivity (Wildman–Crippen MR) is 125 cm³/mol. The SMILES string of the molecule is c1ccc(B(c2ccccn2)c2ccc3c4c(cccc24)Oc2ccccc2-3)cc1. The Morgan fingerprint density at radius 1 is 0.600 bits per heavy atom. The van der Waals surface area contributed by atoms with Gasteiger partial charge in [0.05, 0.1) is 0 Å². The van der Waals surface area contributed by atoms with Gasteiger partial charge in [-0.15, -0.1) is 0 Å². The summed E-state index contributed by atoms with van der Waals surface area (Å²) in [6, 6.07) is 35.8. The van der Waals surface area contributed by atoms with Crippen LogP contribution in [0, 0.1) is 0 Å². The van der Waals surface area contributed by atoms with E-state index in [1.54, 1.807) is 0 Å². The predicted octanol–water partition coefficient (Wildman–Crippen LogP) is 4.52. The van der Waals surface area contributed by atoms with Crippen LogP contribution in [-0.4, -0.2) is 11.7 Å². The van der Waals surface area contributed by atoms with Crippen molar-refractivity contribution in [3.63, 3.8) is 0 Å². The van der Waals surface area contributed by atoms with Crippen molar-refractivity contribution < 1.29 is 4.74 Å². The molecule has 1 aliphatic heterocycles. The van der Waals surface area contributed by atoms with Crippen molar-refractivity contribution >= 4 is 34.0 Å². The molecule has 1 aromatic heterocycles. The van der Waals surface area contributed by atoms with E-state index < -0.39 is 0 Å². The highest BCUT2D eigenvalue weighted by molar-refractivity contribution is 6.96. The quantitative estimate of drug-likeness (QED) is 0.419. The van der Waals surface area contributed by atoms with Gasteiger partial charge in [0, 0.05) is 22.7 Å². The van der Waals surface area contributed by atoms with Gasteiger partial charge in [0.15, 0.2) is 0 Å². The summed E-state index contributed by atoms with van der Waals surface area (Å²) >= 11 is 0. The summed E-state index contributed by atoms with van der Waals surface area (Å²) < 4.78 is 6.28. The third-order valence-corrected chi connectivity index (χ3v) is 5.86. The van der Waals surface area contributed by atoms with Gasteiger partial charge in [-0.1, -0.05) is 89.8 Å². The van der Waals surface area contributed by atoms with Crippen LogP contribution in [0.2, 0.25) is 0 Å². The minimum Gasteiger partial charge on any atom is -0.456 e. The highest BCUT2D eigenvalue weighted by atomic mass is 16.5. The van der Waals surface area contributed by atoms with Crippen LogP contribution in [0.3, 0.4) is 0 Å². The number of para-hydroxylation sites is 1. The largest absolute Gasteiger partial charge is 0.456 e. The Labute approximate surface area is 175 Å². The summed E-state index contributed by atoms with van der Waals surface area (Å²) in [5.41, 5.74) is 5.87. The van der Waals surface area contributed by atoms with E-state index in [-0.39, 0.29) is 6.71 Å². The van der Waals surface area contributed by atoms with Crippen LogP contribution >= 0.6 is 0 Å². The zero-order valence-electron chi connectivity index (χ0n) is 16.3. The second kappa shape index (κ2) is 6.89. The topological polar surface area (TPSA) is 22.1 Å². The van der Waals surface area contributed by atoms with Crippen molar-refractivity contribution in [2.24, 2.45) is 0 Å². The van der Waals surface area contributed by atoms with E-state index in [2.05, 4.69) is 84.9 Å². The zero-order chi connectivity index (χ0) is 19.9. The van der Waals surface area contributed by atoms with E-state index >= 15 is 0 Å². The first-order chi connectivity index (χ1) is 14.9. The normalized spacial score (nSPS) is 11.6. The molecule has 6 rings (SSSR count). The molecule has 4 aromatic carbocycles. The maximum absolute atomic E-state index is 6.28. The molecular weight excluding hydrogens is 365 g/mol. The van der Waals surface area contributed by atoms with Gasteiger partial charge in [-0.25, -0.2) is 0 Å². The summed E-state index contributed by atoms with van der Waals surface area (Å²) in [5.74, 6) is 1.82. The molecule has 0 saturated heterocycles. The molecule has 0 atom stereocenters. The van der Waals surface area contributed by atoms with E-state index in [9.17, 15) is 0 Å². The summed E-state index contributed by atoms with van der Waals surface area (Å²) in [4.78, 5) is 4.72. The molecule has 2 nitrogen and oxygen atoms in total. The maximum atomic E-state index is 6.28. The molecule has 0 N–H and O–H groups in total. The van der Waals surface area contributed by atoms with Crippen molar-refractivity contribution in [2.75, 3.05) is 0 Å². The Balaban J connectivity index is 1.65. The minimum absolute atomic E-state index is 0.0499. The molecular formula is C27H18BNO. The Kier molecular flexibility index (Phi) is 3.92. The monoisotopic (exact) mass is 383 g/mol. The lowest BCUT2D eigenvalue weighted by Crippen LogP contribution is -2.53. The summed E-state index contributed by atoms with van der Waals surface area (Å²) in [7, 11) is 0. The number of ether oxygens (including phenoxy) is 1. The van der Waals surface area contributed by atoms with Crippen molar-refractivity contribution in [3.8, 4) is 22.6 Å². The first kappa shape index (κ1) is 17.1. The first-order valence-electron chi connectivity index (χ1n) is 10.2. The number of benzene rings is 4. The molecule has 0 spiro atoms. The van der Waals surface area contributed by atoms with E-state index in [4.69, 9.17) is 9.72 Å². The molecule has 0 unspecified atom stereocenters. The molecule has 0 aliphatic carbocycles. The fourth-order valence-electron chi connectivity index (χ4n) is 4.56. The van der Waals surface area contributed by atoms with Crippen LogP contribution in [0.15, 0.2) is 109 Å². The fraction of sp³-hybridized carbons (Fsp3) is 0. The Morgan fingerprint density at radius 3 is 2.27 bits per heavy atom. The number of fused-ring (bicyclic) bond motifs is 2. The van der Waals surface area contributed by atoms with Gasteiger partial charge in [0.1, 0.15) is 11.5 Å². The molecule has 3 heteroatoms. The molecule has 0 radical (unpaired) electrons. The van der Waals surface area contributed by atoms with Gasteiger partial charge in [-0.2, -0.15) is 0 Å². The van der Waals surface area contributed by atoms with Crippen LogP contribution in [0.1, 0.15) is 0 Å². The van der Waals surface area contributed by atoms with Crippen LogP contribution in [0.25, 0.3) is 21.9 Å². The molecule has 30 heavy (non-hydrogen) atoms. The van der Waals surface area contributed by atoms with Crippen molar-refractivity contribution in [1.29, 1.82) is 0 Å². The lowest BCUT2D eigenvalue weighted by atomic mass is 9.38.